The first kappa shape index (κ1) is 19.2. The van der Waals surface area contributed by atoms with Crippen LogP contribution >= 0.6 is 0 Å². The van der Waals surface area contributed by atoms with Crippen LogP contribution < -0.4 is 16.6 Å². The molecule has 1 heterocycles. The molecule has 1 N–H and O–H groups in total. The number of carbonyl (C=O) groups is 1. The van der Waals surface area contributed by atoms with Gasteiger partial charge < -0.3 is 5.32 Å². The third kappa shape index (κ3) is 4.37. The van der Waals surface area contributed by atoms with Crippen LogP contribution in [-0.4, -0.2) is 15.0 Å². The monoisotopic (exact) mass is 389 g/mol. The van der Waals surface area contributed by atoms with Gasteiger partial charge in [-0.2, -0.15) is 0 Å². The molecule has 0 saturated heterocycles. The zero-order valence-electron chi connectivity index (χ0n) is 14.4. The molecule has 9 heteroatoms. The number of anilines is 1. The van der Waals surface area contributed by atoms with Gasteiger partial charge in [-0.15, -0.1) is 0 Å². The summed E-state index contributed by atoms with van der Waals surface area (Å²) in [6.45, 7) is -0.714. The molecule has 0 bridgehead atoms. The SMILES string of the molecule is O=C(Cn1c(=O)ccn(Cc2cccc(F)c2)c1=O)Nc1cc(F)ccc1F. The van der Waals surface area contributed by atoms with Crippen molar-refractivity contribution in [1.82, 2.24) is 9.13 Å². The molecule has 2 aromatic carbocycles. The zero-order chi connectivity index (χ0) is 20.3. The van der Waals surface area contributed by atoms with E-state index in [0.717, 1.165) is 28.8 Å². The molecule has 0 aliphatic rings. The normalized spacial score (nSPS) is 10.7. The van der Waals surface area contributed by atoms with Crippen LogP contribution in [0.3, 0.4) is 0 Å². The van der Waals surface area contributed by atoms with Gasteiger partial charge in [-0.1, -0.05) is 12.1 Å². The minimum atomic E-state index is -0.882. The van der Waals surface area contributed by atoms with Crippen molar-refractivity contribution < 1.29 is 18.0 Å². The number of aromatic nitrogens is 2. The smallest absolute Gasteiger partial charge is 0.322 e. The van der Waals surface area contributed by atoms with Crippen LogP contribution in [0.15, 0.2) is 64.3 Å². The second-order valence-electron chi connectivity index (χ2n) is 5.95. The molecule has 0 saturated carbocycles. The molecule has 28 heavy (non-hydrogen) atoms. The van der Waals surface area contributed by atoms with Crippen molar-refractivity contribution in [3.63, 3.8) is 0 Å². The van der Waals surface area contributed by atoms with Gasteiger partial charge in [-0.25, -0.2) is 18.0 Å². The summed E-state index contributed by atoms with van der Waals surface area (Å²) in [6.07, 6.45) is 1.23. The second kappa shape index (κ2) is 7.95. The molecule has 0 unspecified atom stereocenters. The highest BCUT2D eigenvalue weighted by atomic mass is 19.1. The topological polar surface area (TPSA) is 73.1 Å². The van der Waals surface area contributed by atoms with Crippen LogP contribution in [0.4, 0.5) is 18.9 Å². The molecule has 6 nitrogen and oxygen atoms in total. The Morgan fingerprint density at radius 2 is 1.71 bits per heavy atom. The van der Waals surface area contributed by atoms with E-state index in [1.807, 2.05) is 0 Å². The number of hydrogen-bond donors (Lipinski definition) is 1. The average Bonchev–Trinajstić information content (AvgIpc) is 2.64. The Labute approximate surface area is 156 Å². The molecular weight excluding hydrogens is 375 g/mol. The van der Waals surface area contributed by atoms with E-state index in [2.05, 4.69) is 5.32 Å². The van der Waals surface area contributed by atoms with Gasteiger partial charge in [0.05, 0.1) is 12.2 Å². The molecule has 3 rings (SSSR count). The van der Waals surface area contributed by atoms with Crippen molar-refractivity contribution in [1.29, 1.82) is 0 Å². The summed E-state index contributed by atoms with van der Waals surface area (Å²) < 4.78 is 41.9. The number of nitrogens with one attached hydrogen (secondary N) is 1. The quantitative estimate of drug-likeness (QED) is 0.727. The van der Waals surface area contributed by atoms with Gasteiger partial charge in [0.25, 0.3) is 5.56 Å². The Balaban J connectivity index is 1.83. The summed E-state index contributed by atoms with van der Waals surface area (Å²) in [5.41, 5.74) is -1.46. The summed E-state index contributed by atoms with van der Waals surface area (Å²) in [5, 5.41) is 2.12. The van der Waals surface area contributed by atoms with E-state index >= 15 is 0 Å². The van der Waals surface area contributed by atoms with E-state index in [4.69, 9.17) is 0 Å². The first-order chi connectivity index (χ1) is 13.3. The van der Waals surface area contributed by atoms with E-state index in [0.29, 0.717) is 10.1 Å². The van der Waals surface area contributed by atoms with Crippen molar-refractivity contribution in [2.24, 2.45) is 0 Å². The Hall–Kier alpha value is -3.62. The third-order valence-electron chi connectivity index (χ3n) is 3.89. The van der Waals surface area contributed by atoms with Gasteiger partial charge in [0.15, 0.2) is 0 Å². The molecule has 0 fully saturated rings. The number of hydrogen-bond acceptors (Lipinski definition) is 3. The lowest BCUT2D eigenvalue weighted by Gasteiger charge is -2.11. The standard InChI is InChI=1S/C19H14F3N3O3/c20-13-3-1-2-12(8-13)10-24-7-6-18(27)25(19(24)28)11-17(26)23-16-9-14(21)4-5-15(16)22/h1-9H,10-11H2,(H,23,26). The minimum Gasteiger partial charge on any atom is -0.322 e. The molecule has 0 atom stereocenters. The van der Waals surface area contributed by atoms with Gasteiger partial charge in [-0.3, -0.25) is 18.7 Å². The van der Waals surface area contributed by atoms with Crippen molar-refractivity contribution in [3.8, 4) is 0 Å². The molecule has 1 amide bonds. The summed E-state index contributed by atoms with van der Waals surface area (Å²) in [6, 6.07) is 9.16. The number of amides is 1. The molecule has 1 aromatic heterocycles. The van der Waals surface area contributed by atoms with Crippen molar-refractivity contribution in [3.05, 3.63) is 98.6 Å². The molecule has 0 aliphatic carbocycles. The Bertz CT molecular complexity index is 1150. The Morgan fingerprint density at radius 1 is 0.964 bits per heavy atom. The molecule has 144 valence electrons. The molecule has 3 aromatic rings. The van der Waals surface area contributed by atoms with E-state index in [9.17, 15) is 27.6 Å². The number of nitrogens with zero attached hydrogens (tertiary/aromatic N) is 2. The summed E-state index contributed by atoms with van der Waals surface area (Å²) in [5.74, 6) is -2.98. The van der Waals surface area contributed by atoms with Crippen LogP contribution in [0.25, 0.3) is 0 Å². The highest BCUT2D eigenvalue weighted by molar-refractivity contribution is 5.90. The van der Waals surface area contributed by atoms with Crippen molar-refractivity contribution in [2.45, 2.75) is 13.1 Å². The summed E-state index contributed by atoms with van der Waals surface area (Å²) in [7, 11) is 0. The maximum absolute atomic E-state index is 13.6. The fourth-order valence-corrected chi connectivity index (χ4v) is 2.58. The number of benzene rings is 2. The maximum Gasteiger partial charge on any atom is 0.331 e. The van der Waals surface area contributed by atoms with Crippen LogP contribution in [0.1, 0.15) is 5.56 Å². The first-order valence-electron chi connectivity index (χ1n) is 8.13. The molecular formula is C19H14F3N3O3. The first-order valence-corrected chi connectivity index (χ1v) is 8.13. The van der Waals surface area contributed by atoms with Gasteiger partial charge in [-0.05, 0) is 29.8 Å². The zero-order valence-corrected chi connectivity index (χ0v) is 14.4. The number of halogens is 3. The van der Waals surface area contributed by atoms with Gasteiger partial charge in [0.1, 0.15) is 24.0 Å². The Kier molecular flexibility index (Phi) is 5.44. The highest BCUT2D eigenvalue weighted by Crippen LogP contribution is 2.15. The molecule has 0 radical (unpaired) electrons. The van der Waals surface area contributed by atoms with E-state index in [1.165, 1.54) is 24.4 Å². The average molecular weight is 389 g/mol. The predicted octanol–water partition coefficient (Wildman–Crippen LogP) is 2.11. The van der Waals surface area contributed by atoms with E-state index in [-0.39, 0.29) is 6.54 Å². The largest absolute Gasteiger partial charge is 0.331 e. The summed E-state index contributed by atoms with van der Waals surface area (Å²) >= 11 is 0. The van der Waals surface area contributed by atoms with Crippen LogP contribution in [-0.2, 0) is 17.9 Å². The Morgan fingerprint density at radius 3 is 2.46 bits per heavy atom. The maximum atomic E-state index is 13.6. The number of rotatable bonds is 5. The van der Waals surface area contributed by atoms with Gasteiger partial charge >= 0.3 is 5.69 Å². The van der Waals surface area contributed by atoms with Gasteiger partial charge in [0.2, 0.25) is 5.91 Å². The van der Waals surface area contributed by atoms with Crippen LogP contribution in [0.5, 0.6) is 0 Å². The minimum absolute atomic E-state index is 0.0168. The van der Waals surface area contributed by atoms with Crippen molar-refractivity contribution >= 4 is 11.6 Å². The fourth-order valence-electron chi connectivity index (χ4n) is 2.58. The fraction of sp³-hybridized carbons (Fsp3) is 0.105. The van der Waals surface area contributed by atoms with Gasteiger partial charge in [0, 0.05) is 18.3 Å². The lowest BCUT2D eigenvalue weighted by atomic mass is 10.2. The van der Waals surface area contributed by atoms with Crippen LogP contribution in [0, 0.1) is 17.5 Å². The van der Waals surface area contributed by atoms with Crippen molar-refractivity contribution in [2.75, 3.05) is 5.32 Å². The lowest BCUT2D eigenvalue weighted by Crippen LogP contribution is -2.41. The van der Waals surface area contributed by atoms with Crippen LogP contribution in [0.2, 0.25) is 0 Å². The number of carbonyl (C=O) groups excluding carboxylic acids is 1. The third-order valence-corrected chi connectivity index (χ3v) is 3.89. The summed E-state index contributed by atoms with van der Waals surface area (Å²) in [4.78, 5) is 36.6. The predicted molar refractivity (Wildman–Crippen MR) is 95.5 cm³/mol. The molecule has 0 aliphatic heterocycles. The van der Waals surface area contributed by atoms with E-state index in [1.54, 1.807) is 6.07 Å². The van der Waals surface area contributed by atoms with E-state index < -0.39 is 46.8 Å². The second-order valence-corrected chi connectivity index (χ2v) is 5.95. The highest BCUT2D eigenvalue weighted by Gasteiger charge is 2.13. The lowest BCUT2D eigenvalue weighted by molar-refractivity contribution is -0.116. The molecule has 0 spiro atoms.